The number of halogens is 8. The fourth-order valence-electron chi connectivity index (χ4n) is 6.33. The lowest BCUT2D eigenvalue weighted by Gasteiger charge is -2.45. The van der Waals surface area contributed by atoms with Crippen molar-refractivity contribution in [1.29, 1.82) is 5.26 Å². The molecular weight excluding hydrogens is 602 g/mol. The number of nitriles is 1. The number of hydrogen-bond donors (Lipinski definition) is 0. The Bertz CT molecular complexity index is 1290. The van der Waals surface area contributed by atoms with Gasteiger partial charge in [-0.05, 0) is 51.4 Å². The summed E-state index contributed by atoms with van der Waals surface area (Å²) in [6.45, 7) is 3.87. The summed E-state index contributed by atoms with van der Waals surface area (Å²) in [5, 5.41) is 9.06. The van der Waals surface area contributed by atoms with Crippen LogP contribution in [-0.2, 0) is 31.3 Å². The van der Waals surface area contributed by atoms with E-state index in [0.717, 1.165) is 12.1 Å². The first-order valence-electron chi connectivity index (χ1n) is 13.0. The summed E-state index contributed by atoms with van der Waals surface area (Å²) in [6, 6.07) is 4.07. The number of anilines is 1. The molecule has 1 aromatic rings. The Hall–Kier alpha value is -2.64. The highest BCUT2D eigenvalue weighted by Gasteiger charge is 2.71. The Labute approximate surface area is 238 Å². The van der Waals surface area contributed by atoms with Crippen molar-refractivity contribution in [2.45, 2.75) is 62.6 Å². The number of nitrogens with zero attached hydrogens (tertiary/aromatic N) is 3. The molecular formula is C26H27F8N3O4S. The third kappa shape index (κ3) is 5.79. The molecule has 0 aliphatic carbocycles. The zero-order valence-electron chi connectivity index (χ0n) is 22.5. The molecule has 3 unspecified atom stereocenters. The van der Waals surface area contributed by atoms with E-state index in [1.807, 2.05) is 4.90 Å². The van der Waals surface area contributed by atoms with Crippen LogP contribution in [0.3, 0.4) is 0 Å². The third-order valence-corrected chi connectivity index (χ3v) is 9.46. The van der Waals surface area contributed by atoms with E-state index in [4.69, 9.17) is 10.00 Å². The maximum absolute atomic E-state index is 13.5. The van der Waals surface area contributed by atoms with E-state index in [9.17, 15) is 48.9 Å². The van der Waals surface area contributed by atoms with Gasteiger partial charge in [0.05, 0.1) is 45.9 Å². The van der Waals surface area contributed by atoms with E-state index in [1.54, 1.807) is 13.8 Å². The van der Waals surface area contributed by atoms with Gasteiger partial charge in [0.1, 0.15) is 0 Å². The first-order valence-corrected chi connectivity index (χ1v) is 14.4. The van der Waals surface area contributed by atoms with Crippen molar-refractivity contribution in [2.24, 2.45) is 11.8 Å². The number of ether oxygens (including phenoxy) is 1. The van der Waals surface area contributed by atoms with Gasteiger partial charge in [-0.2, -0.15) is 40.4 Å². The van der Waals surface area contributed by atoms with Crippen LogP contribution in [0.5, 0.6) is 0 Å². The molecule has 7 nitrogen and oxygen atoms in total. The lowest BCUT2D eigenvalue weighted by atomic mass is 9.79. The van der Waals surface area contributed by atoms with Crippen LogP contribution in [0.15, 0.2) is 18.2 Å². The van der Waals surface area contributed by atoms with Gasteiger partial charge in [-0.3, -0.25) is 18.7 Å². The highest BCUT2D eigenvalue weighted by molar-refractivity contribution is 7.84. The fourth-order valence-corrected chi connectivity index (χ4v) is 7.45. The summed E-state index contributed by atoms with van der Waals surface area (Å²) >= 11 is 0. The van der Waals surface area contributed by atoms with Crippen molar-refractivity contribution in [2.75, 3.05) is 36.0 Å². The number of benzene rings is 1. The van der Waals surface area contributed by atoms with E-state index in [2.05, 4.69) is 0 Å². The van der Waals surface area contributed by atoms with E-state index in [-0.39, 0.29) is 30.3 Å². The molecule has 2 bridgehead atoms. The average molecular weight is 630 g/mol. The number of likely N-dealkylation sites (tertiary alicyclic amines) is 1. The zero-order chi connectivity index (χ0) is 31.5. The molecule has 2 amide bonds. The maximum Gasteiger partial charge on any atom is 0.453 e. The highest BCUT2D eigenvalue weighted by atomic mass is 32.2. The van der Waals surface area contributed by atoms with E-state index >= 15 is 0 Å². The van der Waals surface area contributed by atoms with Crippen molar-refractivity contribution in [3.8, 4) is 6.07 Å². The highest BCUT2D eigenvalue weighted by Crippen LogP contribution is 2.55. The normalized spacial score (nSPS) is 29.1. The smallest absolute Gasteiger partial charge is 0.365 e. The molecule has 3 heterocycles. The van der Waals surface area contributed by atoms with Crippen LogP contribution in [-0.4, -0.2) is 75.4 Å². The largest absolute Gasteiger partial charge is 0.453 e. The predicted molar refractivity (Wildman–Crippen MR) is 133 cm³/mol. The SMILES string of the molecule is CC12CN(CCCS(=O)CCCC(F)(F)C(F)(F)F)C[C@@](C)(O1)[C@H]1C(=O)N(c3ccc(C#N)c(C(F)(F)F)c3)C(=O)C12. The third-order valence-electron chi connectivity index (χ3n) is 7.97. The van der Waals surface area contributed by atoms with Gasteiger partial charge in [0.2, 0.25) is 11.8 Å². The van der Waals surface area contributed by atoms with Gasteiger partial charge < -0.3 is 4.74 Å². The number of hydrogen-bond acceptors (Lipinski definition) is 6. The molecule has 0 saturated carbocycles. The monoisotopic (exact) mass is 629 g/mol. The molecule has 0 N–H and O–H groups in total. The van der Waals surface area contributed by atoms with Gasteiger partial charge in [0.25, 0.3) is 0 Å². The quantitative estimate of drug-likeness (QED) is 0.292. The van der Waals surface area contributed by atoms with Crippen molar-refractivity contribution >= 4 is 28.3 Å². The second-order valence-corrected chi connectivity index (χ2v) is 12.9. The van der Waals surface area contributed by atoms with Crippen LogP contribution in [0.25, 0.3) is 0 Å². The van der Waals surface area contributed by atoms with Gasteiger partial charge in [-0.25, -0.2) is 4.90 Å². The molecule has 3 aliphatic heterocycles. The van der Waals surface area contributed by atoms with E-state index < -0.39 is 87.9 Å². The molecule has 4 rings (SSSR count). The van der Waals surface area contributed by atoms with Crippen LogP contribution in [0, 0.1) is 23.2 Å². The summed E-state index contributed by atoms with van der Waals surface area (Å²) in [7, 11) is -1.64. The minimum atomic E-state index is -5.66. The lowest BCUT2D eigenvalue weighted by molar-refractivity contribution is -0.284. The molecule has 16 heteroatoms. The minimum absolute atomic E-state index is 0.0428. The minimum Gasteiger partial charge on any atom is -0.365 e. The van der Waals surface area contributed by atoms with Crippen LogP contribution >= 0.6 is 0 Å². The Morgan fingerprint density at radius 2 is 1.52 bits per heavy atom. The van der Waals surface area contributed by atoms with Crippen molar-refractivity contribution in [3.63, 3.8) is 0 Å². The summed E-state index contributed by atoms with van der Waals surface area (Å²) < 4.78 is 122. The molecule has 232 valence electrons. The topological polar surface area (TPSA) is 90.7 Å². The number of morpholine rings is 1. The van der Waals surface area contributed by atoms with Gasteiger partial charge >= 0.3 is 18.3 Å². The number of imide groups is 1. The van der Waals surface area contributed by atoms with Crippen LogP contribution in [0.1, 0.15) is 44.2 Å². The second-order valence-electron chi connectivity index (χ2n) is 11.3. The molecule has 42 heavy (non-hydrogen) atoms. The van der Waals surface area contributed by atoms with Crippen molar-refractivity contribution in [1.82, 2.24) is 4.90 Å². The summed E-state index contributed by atoms with van der Waals surface area (Å²) in [5.74, 6) is -8.60. The summed E-state index contributed by atoms with van der Waals surface area (Å²) in [6.07, 6.45) is -12.3. The van der Waals surface area contributed by atoms with E-state index in [0.29, 0.717) is 23.9 Å². The van der Waals surface area contributed by atoms with Crippen LogP contribution in [0.2, 0.25) is 0 Å². The number of carbonyl (C=O) groups excluding carboxylic acids is 2. The molecule has 0 aromatic heterocycles. The van der Waals surface area contributed by atoms with E-state index in [1.165, 1.54) is 6.07 Å². The molecule has 1 aromatic carbocycles. The molecule has 3 aliphatic rings. The van der Waals surface area contributed by atoms with Gasteiger partial charge in [-0.1, -0.05) is 0 Å². The van der Waals surface area contributed by atoms with Gasteiger partial charge in [-0.15, -0.1) is 0 Å². The van der Waals surface area contributed by atoms with Crippen LogP contribution < -0.4 is 4.90 Å². The van der Waals surface area contributed by atoms with Crippen molar-refractivity contribution in [3.05, 3.63) is 29.3 Å². The average Bonchev–Trinajstić information content (AvgIpc) is 3.22. The standard InChI is InChI=1S/C26H27F8N3O4S/c1-22-13-36(8-4-10-42(40)9-3-7-24(27,28)26(32,33)34)14-23(2,41-22)19-18(22)20(38)37(21(19)39)16-6-5-15(12-35)17(11-16)25(29,30)31/h5-6,11,18-19H,3-4,7-10,13-14H2,1-2H3/t18-,19?,22-,23?,42?/m1/s1. The summed E-state index contributed by atoms with van der Waals surface area (Å²) in [4.78, 5) is 29.7. The number of fused-ring (bicyclic) bond motifs is 5. The zero-order valence-corrected chi connectivity index (χ0v) is 23.3. The second kappa shape index (κ2) is 10.8. The lowest BCUT2D eigenvalue weighted by Crippen LogP contribution is -2.58. The first-order chi connectivity index (χ1) is 19.2. The van der Waals surface area contributed by atoms with Gasteiger partial charge in [0, 0.05) is 41.8 Å². The Morgan fingerprint density at radius 1 is 0.976 bits per heavy atom. The molecule has 5 atom stereocenters. The Morgan fingerprint density at radius 3 is 2.02 bits per heavy atom. The number of rotatable bonds is 9. The number of carbonyl (C=O) groups is 2. The molecule has 0 spiro atoms. The predicted octanol–water partition coefficient (Wildman–Crippen LogP) is 4.66. The summed E-state index contributed by atoms with van der Waals surface area (Å²) in [5.41, 5.74) is -4.61. The molecule has 0 radical (unpaired) electrons. The maximum atomic E-state index is 13.5. The number of amides is 2. The van der Waals surface area contributed by atoms with Crippen LogP contribution in [0.4, 0.5) is 40.8 Å². The molecule has 3 fully saturated rings. The van der Waals surface area contributed by atoms with Gasteiger partial charge in [0.15, 0.2) is 0 Å². The van der Waals surface area contributed by atoms with Crippen molar-refractivity contribution < 1.29 is 53.7 Å². The first kappa shape index (κ1) is 32.3. The number of alkyl halides is 8. The Kier molecular flexibility index (Phi) is 8.31. The Balaban J connectivity index is 1.41. The molecule has 3 saturated heterocycles. The fraction of sp³-hybridized carbons (Fsp3) is 0.654.